The van der Waals surface area contributed by atoms with E-state index in [1.54, 1.807) is 0 Å². The van der Waals surface area contributed by atoms with E-state index in [1.165, 1.54) is 70.9 Å². The summed E-state index contributed by atoms with van der Waals surface area (Å²) in [6, 6.07) is 11.1. The molecule has 0 N–H and O–H groups in total. The van der Waals surface area contributed by atoms with Crippen LogP contribution in [0.5, 0.6) is 5.75 Å². The zero-order valence-electron chi connectivity index (χ0n) is 24.3. The molecule has 4 aromatic rings. The Kier molecular flexibility index (Phi) is 28.5. The summed E-state index contributed by atoms with van der Waals surface area (Å²) in [5.41, 5.74) is 4.21. The molecule has 1 aromatic carbocycles. The third-order valence-corrected chi connectivity index (χ3v) is 10.3. The van der Waals surface area contributed by atoms with Gasteiger partial charge in [0.25, 0.3) is 0 Å². The van der Waals surface area contributed by atoms with Gasteiger partial charge in [0, 0.05) is 72.9 Å². The molecule has 0 saturated heterocycles. The molecule has 0 spiro atoms. The first-order valence-corrected chi connectivity index (χ1v) is 16.2. The van der Waals surface area contributed by atoms with Crippen molar-refractivity contribution in [3.05, 3.63) is 51.9 Å². The molecular weight excluding hydrogens is 814 g/mol. The van der Waals surface area contributed by atoms with Gasteiger partial charge >= 0.3 is 11.7 Å². The molecule has 4 heterocycles. The van der Waals surface area contributed by atoms with Crippen LogP contribution >= 0.6 is 22.7 Å². The van der Waals surface area contributed by atoms with Gasteiger partial charge in [-0.2, -0.15) is 4.42 Å². The average molecular weight is 879 g/mol. The van der Waals surface area contributed by atoms with E-state index in [-0.39, 0.29) is 92.4 Å². The van der Waals surface area contributed by atoms with E-state index in [2.05, 4.69) is 64.2 Å². The Morgan fingerprint density at radius 2 is 1.24 bits per heavy atom. The first-order chi connectivity index (χ1) is 18.7. The molecule has 0 fully saturated rings. The third kappa shape index (κ3) is 11.7. The van der Waals surface area contributed by atoms with Gasteiger partial charge in [0.2, 0.25) is 0 Å². The van der Waals surface area contributed by atoms with E-state index in [9.17, 15) is 0 Å². The van der Waals surface area contributed by atoms with Gasteiger partial charge in [0.1, 0.15) is 0 Å². The Morgan fingerprint density at radius 3 is 1.72 bits per heavy atom. The molecule has 3 aromatic heterocycles. The molecule has 6 heteroatoms. The zero-order chi connectivity index (χ0) is 26.5. The number of thiophene rings is 2. The van der Waals surface area contributed by atoms with Crippen LogP contribution in [0.15, 0.2) is 34.7 Å². The fourth-order valence-corrected chi connectivity index (χ4v) is 8.07. The summed E-state index contributed by atoms with van der Waals surface area (Å²) < 4.78 is 12.1. The number of benzene rings is 1. The maximum absolute atomic E-state index is 6.07. The first-order valence-electron chi connectivity index (χ1n) is 14.6. The molecular formula is C40H64O2S2Sn2. The fraction of sp³-hybridized carbons (Fsp3) is 0.550. The Morgan fingerprint density at radius 1 is 0.739 bits per heavy atom. The van der Waals surface area contributed by atoms with Gasteiger partial charge in [0.05, 0.1) is 11.6 Å². The van der Waals surface area contributed by atoms with Gasteiger partial charge in [0.15, 0.2) is 0 Å². The van der Waals surface area contributed by atoms with E-state index in [4.69, 9.17) is 8.84 Å². The maximum Gasteiger partial charge on any atom is 0.372 e. The van der Waals surface area contributed by atoms with Gasteiger partial charge in [-0.25, -0.2) is 0 Å². The van der Waals surface area contributed by atoms with Crippen molar-refractivity contribution in [1.82, 2.24) is 0 Å². The molecule has 2 nitrogen and oxygen atoms in total. The summed E-state index contributed by atoms with van der Waals surface area (Å²) in [4.78, 5) is 5.37. The topological polar surface area (TPSA) is 24.4 Å². The van der Waals surface area contributed by atoms with Crippen molar-refractivity contribution in [2.24, 2.45) is 11.8 Å². The van der Waals surface area contributed by atoms with E-state index in [1.807, 2.05) is 34.8 Å². The second kappa shape index (κ2) is 25.2. The number of hydrogen-bond acceptors (Lipinski definition) is 3. The number of fused-ring (bicyclic) bond motifs is 2. The van der Waals surface area contributed by atoms with Crippen molar-refractivity contribution >= 4 is 93.5 Å². The van der Waals surface area contributed by atoms with Gasteiger partial charge in [-0.3, -0.25) is 0 Å². The van der Waals surface area contributed by atoms with Crippen LogP contribution < -0.4 is 0 Å². The largest absolute Gasteiger partial charge is 0.590 e. The first kappa shape index (κ1) is 52.0. The molecule has 5 rings (SSSR count). The second-order valence-electron chi connectivity index (χ2n) is 10.7. The molecule has 1 aliphatic rings. The molecule has 0 amide bonds. The SMILES string of the molecule is C.C.C.C.C.C.CCCCC(CC)Cc1ccc(-c2c3c(c(-c4ccc(CC(CC)CCCC)s4)c4o[c-]cc24)C=C=[O+]3)s1.[Sn].[Sn]. The van der Waals surface area contributed by atoms with Crippen LogP contribution in [0.3, 0.4) is 0 Å². The molecule has 256 valence electrons. The molecule has 46 heavy (non-hydrogen) atoms. The average Bonchev–Trinajstić information content (AvgIpc) is 3.75. The Hall–Kier alpha value is -0.793. The monoisotopic (exact) mass is 880 g/mol. The summed E-state index contributed by atoms with van der Waals surface area (Å²) >= 11 is 3.79. The fourth-order valence-electron chi connectivity index (χ4n) is 5.71. The number of rotatable bonds is 14. The van der Waals surface area contributed by atoms with Crippen LogP contribution in [0.1, 0.15) is 139 Å². The molecule has 2 unspecified atom stereocenters. The van der Waals surface area contributed by atoms with Crippen molar-refractivity contribution < 1.29 is 8.84 Å². The molecule has 0 aliphatic carbocycles. The van der Waals surface area contributed by atoms with Crippen molar-refractivity contribution in [2.45, 2.75) is 136 Å². The number of carbonyl (C=O) groups excluding carboxylic acids is 1. The van der Waals surface area contributed by atoms with E-state index in [0.29, 0.717) is 0 Å². The Bertz CT molecular complexity index is 1340. The predicted octanol–water partition coefficient (Wildman–Crippen LogP) is 14.4. The number of unbranched alkanes of at least 4 members (excludes halogenated alkanes) is 2. The molecule has 8 radical (unpaired) electrons. The molecule has 0 bridgehead atoms. The van der Waals surface area contributed by atoms with E-state index >= 15 is 0 Å². The van der Waals surface area contributed by atoms with E-state index in [0.717, 1.165) is 58.1 Å². The van der Waals surface area contributed by atoms with Crippen molar-refractivity contribution in [1.29, 1.82) is 0 Å². The van der Waals surface area contributed by atoms with Crippen LogP contribution in [0, 0.1) is 18.1 Å². The van der Waals surface area contributed by atoms with Gasteiger partial charge < -0.3 is 4.42 Å². The van der Waals surface area contributed by atoms with Gasteiger partial charge in [-0.15, -0.1) is 34.1 Å². The third-order valence-electron chi connectivity index (χ3n) is 8.09. The summed E-state index contributed by atoms with van der Waals surface area (Å²) in [7, 11) is 0. The van der Waals surface area contributed by atoms with Crippen molar-refractivity contribution in [2.75, 3.05) is 0 Å². The standard InChI is InChI=1S/C34H40O2S2.6CH4.2Sn/c1-5-9-11-23(7-3)21-25-13-15-29(37-25)31-27-17-19-36-34(27)32(28-18-20-35-33(28)31)30-16-14-26(38-30)22-24(8-4)12-10-6-2;;;;;;;;/h13-18,23-24H,5-12,21-22H2,1-4H3;6*1H4;;. The van der Waals surface area contributed by atoms with Crippen LogP contribution in [-0.4, -0.2) is 53.8 Å². The summed E-state index contributed by atoms with van der Waals surface area (Å²) in [5.74, 6) is 5.46. The molecule has 0 saturated carbocycles. The van der Waals surface area contributed by atoms with Crippen LogP contribution in [0.4, 0.5) is 0 Å². The molecule has 2 atom stereocenters. The summed E-state index contributed by atoms with van der Waals surface area (Å²) in [6.45, 7) is 9.21. The van der Waals surface area contributed by atoms with Gasteiger partial charge in [-0.1, -0.05) is 124 Å². The van der Waals surface area contributed by atoms with Crippen molar-refractivity contribution in [3.8, 4) is 26.6 Å². The smallest absolute Gasteiger partial charge is 0.372 e. The van der Waals surface area contributed by atoms with Crippen molar-refractivity contribution in [3.63, 3.8) is 0 Å². The van der Waals surface area contributed by atoms with Crippen LogP contribution in [-0.2, 0) is 17.3 Å². The molecule has 1 aliphatic heterocycles. The maximum atomic E-state index is 6.07. The number of furan rings is 1. The quantitative estimate of drug-likeness (QED) is 0.0472. The summed E-state index contributed by atoms with van der Waals surface area (Å²) in [6.07, 6.45) is 17.6. The Balaban J connectivity index is -0.00000110. The normalized spacial score (nSPS) is 11.6. The zero-order valence-corrected chi connectivity index (χ0v) is 31.7. The Labute approximate surface area is 326 Å². The van der Waals surface area contributed by atoms with Crippen LogP contribution in [0.25, 0.3) is 37.9 Å². The minimum absolute atomic E-state index is 0. The number of hydrogen-bond donors (Lipinski definition) is 0. The summed E-state index contributed by atoms with van der Waals surface area (Å²) in [5, 5.41) is 1.08. The van der Waals surface area contributed by atoms with E-state index < -0.39 is 0 Å². The minimum atomic E-state index is 0. The minimum Gasteiger partial charge on any atom is -0.590 e. The predicted molar refractivity (Wildman–Crippen MR) is 217 cm³/mol. The van der Waals surface area contributed by atoms with Gasteiger partial charge in [-0.05, 0) is 66.4 Å². The van der Waals surface area contributed by atoms with Crippen LogP contribution in [0.2, 0.25) is 0 Å². The second-order valence-corrected chi connectivity index (χ2v) is 13.1.